The largest absolute Gasteiger partial charge is 0.465 e. The molecule has 146 valence electrons. The Hall–Kier alpha value is -1.52. The van der Waals surface area contributed by atoms with Gasteiger partial charge in [0.05, 0.1) is 0 Å². The van der Waals surface area contributed by atoms with E-state index in [1.54, 1.807) is 0 Å². The normalized spacial score (nSPS) is 11.1. The lowest BCUT2D eigenvalue weighted by molar-refractivity contribution is 0.122. The second kappa shape index (κ2) is 17.3. The zero-order valence-electron chi connectivity index (χ0n) is 15.9. The molecule has 0 aromatic heterocycles. The number of carbonyl (C=O) groups is 2. The summed E-state index contributed by atoms with van der Waals surface area (Å²) < 4.78 is 0. The quantitative estimate of drug-likeness (QED) is 0.239. The van der Waals surface area contributed by atoms with E-state index in [0.29, 0.717) is 11.3 Å². The fourth-order valence-electron chi connectivity index (χ4n) is 2.79. The molecule has 0 rings (SSSR count). The maximum Gasteiger partial charge on any atom is 0.416 e. The van der Waals surface area contributed by atoms with Gasteiger partial charge < -0.3 is 10.2 Å². The van der Waals surface area contributed by atoms with Gasteiger partial charge in [0.2, 0.25) is 0 Å². The Labute approximate surface area is 153 Å². The van der Waals surface area contributed by atoms with Crippen molar-refractivity contribution in [1.82, 2.24) is 4.90 Å². The Morgan fingerprint density at radius 2 is 1.08 bits per heavy atom. The molecule has 0 aliphatic rings. The highest BCUT2D eigenvalue weighted by atomic mass is 16.4. The zero-order valence-corrected chi connectivity index (χ0v) is 15.9. The van der Waals surface area contributed by atoms with E-state index in [4.69, 9.17) is 10.2 Å². The molecule has 0 unspecified atom stereocenters. The van der Waals surface area contributed by atoms with Gasteiger partial charge in [0, 0.05) is 6.54 Å². The van der Waals surface area contributed by atoms with Crippen LogP contribution in [0.3, 0.4) is 0 Å². The van der Waals surface area contributed by atoms with Crippen molar-refractivity contribution in [3.63, 3.8) is 0 Å². The first kappa shape index (κ1) is 23.5. The summed E-state index contributed by atoms with van der Waals surface area (Å²) in [5, 5.41) is 17.4. The molecule has 0 radical (unpaired) electrons. The number of nitrogens with zero attached hydrogens (tertiary/aromatic N) is 1. The number of hydrogen-bond acceptors (Lipinski definition) is 2. The van der Waals surface area contributed by atoms with Crippen LogP contribution in [0.5, 0.6) is 0 Å². The van der Waals surface area contributed by atoms with Crippen LogP contribution in [0.15, 0.2) is 12.2 Å². The molecule has 0 saturated heterocycles. The van der Waals surface area contributed by atoms with Crippen molar-refractivity contribution >= 4 is 12.2 Å². The van der Waals surface area contributed by atoms with E-state index in [9.17, 15) is 9.59 Å². The summed E-state index contributed by atoms with van der Waals surface area (Å²) >= 11 is 0. The third-order valence-corrected chi connectivity index (χ3v) is 4.36. The van der Waals surface area contributed by atoms with Gasteiger partial charge in [0.15, 0.2) is 0 Å². The van der Waals surface area contributed by atoms with Crippen LogP contribution in [0.4, 0.5) is 9.59 Å². The van der Waals surface area contributed by atoms with Crippen molar-refractivity contribution in [3.05, 3.63) is 12.2 Å². The first-order valence-corrected chi connectivity index (χ1v) is 9.98. The first-order chi connectivity index (χ1) is 12.1. The maximum atomic E-state index is 10.7. The molecule has 0 bridgehead atoms. The Kier molecular flexibility index (Phi) is 16.3. The molecule has 0 aromatic carbocycles. The smallest absolute Gasteiger partial charge is 0.416 e. The van der Waals surface area contributed by atoms with Gasteiger partial charge in [-0.15, -0.1) is 0 Å². The van der Waals surface area contributed by atoms with Crippen molar-refractivity contribution in [2.24, 2.45) is 0 Å². The minimum Gasteiger partial charge on any atom is -0.465 e. The third kappa shape index (κ3) is 15.7. The van der Waals surface area contributed by atoms with Crippen LogP contribution in [-0.4, -0.2) is 33.8 Å². The van der Waals surface area contributed by atoms with E-state index in [1.165, 1.54) is 57.8 Å². The monoisotopic (exact) mass is 355 g/mol. The highest BCUT2D eigenvalue weighted by Gasteiger charge is 2.18. The van der Waals surface area contributed by atoms with Crippen molar-refractivity contribution in [2.75, 3.05) is 6.54 Å². The van der Waals surface area contributed by atoms with Crippen molar-refractivity contribution in [2.45, 2.75) is 96.8 Å². The second-order valence-corrected chi connectivity index (χ2v) is 6.65. The Morgan fingerprint density at radius 3 is 1.52 bits per heavy atom. The summed E-state index contributed by atoms with van der Waals surface area (Å²) in [6.07, 6.45) is 18.3. The Morgan fingerprint density at radius 1 is 0.680 bits per heavy atom. The lowest BCUT2D eigenvalue weighted by atomic mass is 10.1. The number of hydrogen-bond donors (Lipinski definition) is 2. The average molecular weight is 356 g/mol. The molecule has 25 heavy (non-hydrogen) atoms. The molecule has 5 nitrogen and oxygen atoms in total. The average Bonchev–Trinajstić information content (AvgIpc) is 2.57. The molecule has 2 amide bonds. The second-order valence-electron chi connectivity index (χ2n) is 6.65. The molecule has 0 aromatic rings. The van der Waals surface area contributed by atoms with Crippen LogP contribution in [0.25, 0.3) is 0 Å². The Balaban J connectivity index is 3.32. The fourth-order valence-corrected chi connectivity index (χ4v) is 2.79. The number of imide groups is 1. The van der Waals surface area contributed by atoms with Crippen LogP contribution < -0.4 is 0 Å². The molecule has 0 aliphatic carbocycles. The zero-order chi connectivity index (χ0) is 18.8. The molecule has 2 N–H and O–H groups in total. The standard InChI is InChI=1S/C20H37NO4/c1-2-3-4-5-6-7-8-9-10-11-12-13-14-15-16-17-18-21(19(22)23)20(24)25/h9-10H,2-8,11-18H2,1H3,(H,22,23)(H,24,25)/b10-9-. The van der Waals surface area contributed by atoms with Crippen LogP contribution in [0.2, 0.25) is 0 Å². The van der Waals surface area contributed by atoms with Crippen LogP contribution in [0, 0.1) is 0 Å². The van der Waals surface area contributed by atoms with E-state index in [2.05, 4.69) is 19.1 Å². The summed E-state index contributed by atoms with van der Waals surface area (Å²) in [7, 11) is 0. The minimum atomic E-state index is -1.39. The van der Waals surface area contributed by atoms with Crippen LogP contribution >= 0.6 is 0 Å². The lowest BCUT2D eigenvalue weighted by Crippen LogP contribution is -2.35. The number of rotatable bonds is 16. The van der Waals surface area contributed by atoms with Crippen molar-refractivity contribution < 1.29 is 19.8 Å². The van der Waals surface area contributed by atoms with Crippen LogP contribution in [-0.2, 0) is 0 Å². The SMILES string of the molecule is CCCCCCCC/C=C\CCCCCCCCN(C(=O)O)C(=O)O. The molecule has 0 atom stereocenters. The molecular weight excluding hydrogens is 318 g/mol. The van der Waals surface area contributed by atoms with E-state index < -0.39 is 12.2 Å². The van der Waals surface area contributed by atoms with Gasteiger partial charge in [-0.05, 0) is 32.1 Å². The summed E-state index contributed by atoms with van der Waals surface area (Å²) in [4.78, 5) is 21.8. The predicted molar refractivity (Wildman–Crippen MR) is 102 cm³/mol. The summed E-state index contributed by atoms with van der Waals surface area (Å²) in [6, 6.07) is 0. The Bertz CT molecular complexity index is 355. The predicted octanol–water partition coefficient (Wildman–Crippen LogP) is 6.68. The summed E-state index contributed by atoms with van der Waals surface area (Å²) in [5.74, 6) is 0. The maximum absolute atomic E-state index is 10.7. The van der Waals surface area contributed by atoms with Gasteiger partial charge >= 0.3 is 12.2 Å². The van der Waals surface area contributed by atoms with Gasteiger partial charge in [0.25, 0.3) is 0 Å². The topological polar surface area (TPSA) is 77.8 Å². The van der Waals surface area contributed by atoms with Crippen LogP contribution in [0.1, 0.15) is 96.8 Å². The number of allylic oxidation sites excluding steroid dienone is 2. The molecule has 0 aliphatic heterocycles. The fraction of sp³-hybridized carbons (Fsp3) is 0.800. The molecule has 0 fully saturated rings. The number of carboxylic acid groups (broad SMARTS) is 2. The molecular formula is C20H37NO4. The van der Waals surface area contributed by atoms with E-state index in [-0.39, 0.29) is 6.54 Å². The van der Waals surface area contributed by atoms with Gasteiger partial charge in [-0.25, -0.2) is 14.5 Å². The summed E-state index contributed by atoms with van der Waals surface area (Å²) in [5.41, 5.74) is 0. The molecule has 5 heteroatoms. The van der Waals surface area contributed by atoms with E-state index in [0.717, 1.165) is 25.7 Å². The first-order valence-electron chi connectivity index (χ1n) is 9.98. The highest BCUT2D eigenvalue weighted by Crippen LogP contribution is 2.10. The highest BCUT2D eigenvalue weighted by molar-refractivity contribution is 5.85. The minimum absolute atomic E-state index is 0.0752. The van der Waals surface area contributed by atoms with Crippen molar-refractivity contribution in [3.8, 4) is 0 Å². The number of unbranched alkanes of at least 4 members (excludes halogenated alkanes) is 12. The van der Waals surface area contributed by atoms with Gasteiger partial charge in [0.1, 0.15) is 0 Å². The summed E-state index contributed by atoms with van der Waals surface area (Å²) in [6.45, 7) is 2.32. The molecule has 0 heterocycles. The van der Waals surface area contributed by atoms with E-state index in [1.807, 2.05) is 0 Å². The van der Waals surface area contributed by atoms with E-state index >= 15 is 0 Å². The molecule has 0 spiro atoms. The lowest BCUT2D eigenvalue weighted by Gasteiger charge is -2.12. The van der Waals surface area contributed by atoms with Gasteiger partial charge in [-0.3, -0.25) is 0 Å². The van der Waals surface area contributed by atoms with Crippen molar-refractivity contribution in [1.29, 1.82) is 0 Å². The number of amides is 2. The van der Waals surface area contributed by atoms with Gasteiger partial charge in [-0.2, -0.15) is 0 Å². The van der Waals surface area contributed by atoms with Gasteiger partial charge in [-0.1, -0.05) is 76.9 Å². The third-order valence-electron chi connectivity index (χ3n) is 4.36. The molecule has 0 saturated carbocycles.